The Kier molecular flexibility index (Phi) is 6.02. The predicted molar refractivity (Wildman–Crippen MR) is 105 cm³/mol. The average Bonchev–Trinajstić information content (AvgIpc) is 3.19. The van der Waals surface area contributed by atoms with Crippen LogP contribution in [0.4, 0.5) is 10.1 Å². The summed E-state index contributed by atoms with van der Waals surface area (Å²) >= 11 is 0. The van der Waals surface area contributed by atoms with Crippen LogP contribution < -0.4 is 5.73 Å². The van der Waals surface area contributed by atoms with Crippen LogP contribution >= 0.6 is 12.4 Å². The van der Waals surface area contributed by atoms with Gasteiger partial charge >= 0.3 is 5.97 Å². The maximum atomic E-state index is 13.4. The smallest absolute Gasteiger partial charge is 0.340 e. The molecular formula is C21H24ClFN2O2. The molecule has 0 amide bonds. The van der Waals surface area contributed by atoms with Gasteiger partial charge in [-0.15, -0.1) is 12.4 Å². The third-order valence-electron chi connectivity index (χ3n) is 5.74. The number of esters is 1. The number of carbonyl (C=O) groups excluding carboxylic acids is 1. The lowest BCUT2D eigenvalue weighted by molar-refractivity contribution is 0.0409. The van der Waals surface area contributed by atoms with Gasteiger partial charge in [-0.25, -0.2) is 9.18 Å². The number of fused-ring (bicyclic) bond motifs is 2. The van der Waals surface area contributed by atoms with Crippen LogP contribution in [0.5, 0.6) is 0 Å². The molecule has 1 aliphatic heterocycles. The number of nitrogens with two attached hydrogens (primary N) is 1. The molecule has 3 atom stereocenters. The zero-order valence-corrected chi connectivity index (χ0v) is 15.8. The molecule has 1 saturated heterocycles. The second-order valence-electron chi connectivity index (χ2n) is 7.31. The third kappa shape index (κ3) is 4.09. The Morgan fingerprint density at radius 1 is 1.19 bits per heavy atom. The predicted octanol–water partition coefficient (Wildman–Crippen LogP) is 3.90. The molecule has 3 unspecified atom stereocenters. The molecule has 0 aromatic heterocycles. The Balaban J connectivity index is 0.00000210. The first-order valence-electron chi connectivity index (χ1n) is 9.12. The van der Waals surface area contributed by atoms with E-state index in [4.69, 9.17) is 10.5 Å². The molecule has 1 saturated carbocycles. The van der Waals surface area contributed by atoms with Crippen LogP contribution in [0.3, 0.4) is 0 Å². The molecule has 144 valence electrons. The van der Waals surface area contributed by atoms with Gasteiger partial charge in [0.05, 0.1) is 12.2 Å². The van der Waals surface area contributed by atoms with E-state index >= 15 is 0 Å². The number of rotatable bonds is 5. The van der Waals surface area contributed by atoms with E-state index in [9.17, 15) is 9.18 Å². The maximum Gasteiger partial charge on any atom is 0.340 e. The number of anilines is 1. The first kappa shape index (κ1) is 19.6. The molecule has 2 aromatic rings. The summed E-state index contributed by atoms with van der Waals surface area (Å²) in [6, 6.07) is 14.7. The minimum atomic E-state index is -0.539. The fourth-order valence-electron chi connectivity index (χ4n) is 4.45. The molecule has 0 radical (unpaired) electrons. The highest BCUT2D eigenvalue weighted by Gasteiger charge is 2.47. The summed E-state index contributed by atoms with van der Waals surface area (Å²) < 4.78 is 18.9. The van der Waals surface area contributed by atoms with Crippen LogP contribution in [0, 0.1) is 17.7 Å². The Morgan fingerprint density at radius 3 is 2.74 bits per heavy atom. The number of nitrogens with zero attached hydrogens (tertiary/aromatic N) is 1. The van der Waals surface area contributed by atoms with Gasteiger partial charge in [0.25, 0.3) is 0 Å². The van der Waals surface area contributed by atoms with Crippen LogP contribution in [0.25, 0.3) is 0 Å². The van der Waals surface area contributed by atoms with E-state index in [2.05, 4.69) is 29.2 Å². The highest BCUT2D eigenvalue weighted by atomic mass is 35.5. The molecule has 1 heterocycles. The molecule has 1 aliphatic carbocycles. The summed E-state index contributed by atoms with van der Waals surface area (Å²) in [6.45, 7) is 2.35. The monoisotopic (exact) mass is 390 g/mol. The highest BCUT2D eigenvalue weighted by molar-refractivity contribution is 5.95. The second kappa shape index (κ2) is 8.28. The summed E-state index contributed by atoms with van der Waals surface area (Å²) in [6.07, 6.45) is 2.32. The van der Waals surface area contributed by atoms with Crippen molar-refractivity contribution in [2.45, 2.75) is 25.4 Å². The molecule has 0 spiro atoms. The van der Waals surface area contributed by atoms with Gasteiger partial charge in [0.1, 0.15) is 5.82 Å². The quantitative estimate of drug-likeness (QED) is 0.621. The van der Waals surface area contributed by atoms with Crippen molar-refractivity contribution >= 4 is 24.1 Å². The first-order chi connectivity index (χ1) is 12.6. The number of ether oxygens (including phenoxy) is 1. The van der Waals surface area contributed by atoms with Crippen LogP contribution in [0.15, 0.2) is 48.5 Å². The van der Waals surface area contributed by atoms with E-state index in [1.165, 1.54) is 24.1 Å². The van der Waals surface area contributed by atoms with Gasteiger partial charge < -0.3 is 10.5 Å². The summed E-state index contributed by atoms with van der Waals surface area (Å²) in [5.41, 5.74) is 7.44. The van der Waals surface area contributed by atoms with Crippen molar-refractivity contribution in [3.05, 3.63) is 65.5 Å². The normalized spacial score (nSPS) is 23.8. The van der Waals surface area contributed by atoms with Crippen molar-refractivity contribution in [3.8, 4) is 0 Å². The second-order valence-corrected chi connectivity index (χ2v) is 7.31. The number of carbonyl (C=O) groups is 1. The Labute approximate surface area is 164 Å². The van der Waals surface area contributed by atoms with Gasteiger partial charge in [-0.2, -0.15) is 0 Å². The van der Waals surface area contributed by atoms with Gasteiger partial charge in [-0.1, -0.05) is 30.3 Å². The zero-order valence-electron chi connectivity index (χ0n) is 15.0. The van der Waals surface area contributed by atoms with Crippen LogP contribution in [-0.4, -0.2) is 30.1 Å². The lowest BCUT2D eigenvalue weighted by Gasteiger charge is -2.27. The number of likely N-dealkylation sites (tertiary alicyclic amines) is 1. The van der Waals surface area contributed by atoms with Crippen molar-refractivity contribution in [3.63, 3.8) is 0 Å². The fourth-order valence-corrected chi connectivity index (χ4v) is 4.45. The largest absolute Gasteiger partial charge is 0.462 e. The number of piperidine rings is 1. The number of halogens is 2. The Hall–Kier alpha value is -2.11. The van der Waals surface area contributed by atoms with Crippen molar-refractivity contribution in [2.24, 2.45) is 11.8 Å². The average molecular weight is 391 g/mol. The minimum Gasteiger partial charge on any atom is -0.462 e. The fraction of sp³-hybridized carbons (Fsp3) is 0.381. The lowest BCUT2D eigenvalue weighted by atomic mass is 9.99. The van der Waals surface area contributed by atoms with E-state index in [1.54, 1.807) is 0 Å². The van der Waals surface area contributed by atoms with Crippen LogP contribution in [0.2, 0.25) is 0 Å². The molecule has 2 fully saturated rings. The van der Waals surface area contributed by atoms with Crippen LogP contribution in [-0.2, 0) is 11.3 Å². The van der Waals surface area contributed by atoms with Crippen molar-refractivity contribution in [1.29, 1.82) is 0 Å². The first-order valence-corrected chi connectivity index (χ1v) is 9.12. The molecule has 2 aromatic carbocycles. The standard InChI is InChI=1S/C21H23FN2O2.ClH/c22-16-7-8-19(23)17(10-16)21(25)26-13-18-15-6-9-20(18)24(12-15)11-14-4-2-1-3-5-14;/h1-5,7-8,10,15,18,20H,6,9,11-13,23H2;1H. The number of hydrogen-bond donors (Lipinski definition) is 1. The Morgan fingerprint density at radius 2 is 1.96 bits per heavy atom. The number of nitrogen functional groups attached to an aromatic ring is 1. The van der Waals surface area contributed by atoms with Gasteiger partial charge in [0, 0.05) is 30.7 Å². The number of benzene rings is 2. The highest BCUT2D eigenvalue weighted by Crippen LogP contribution is 2.43. The minimum absolute atomic E-state index is 0. The van der Waals surface area contributed by atoms with Crippen molar-refractivity contribution < 1.29 is 13.9 Å². The van der Waals surface area contributed by atoms with Crippen LogP contribution in [0.1, 0.15) is 28.8 Å². The lowest BCUT2D eigenvalue weighted by Crippen LogP contribution is -2.33. The molecular weight excluding hydrogens is 367 g/mol. The zero-order chi connectivity index (χ0) is 18.1. The molecule has 2 aliphatic rings. The SMILES string of the molecule is Cl.Nc1ccc(F)cc1C(=O)OCC1C2CCC1N(Cc1ccccc1)C2. The van der Waals surface area contributed by atoms with E-state index < -0.39 is 11.8 Å². The van der Waals surface area contributed by atoms with E-state index in [1.807, 2.05) is 6.07 Å². The molecule has 6 heteroatoms. The maximum absolute atomic E-state index is 13.4. The van der Waals surface area contributed by atoms with Crippen molar-refractivity contribution in [1.82, 2.24) is 4.90 Å². The van der Waals surface area contributed by atoms with Gasteiger partial charge in [-0.3, -0.25) is 4.90 Å². The molecule has 4 nitrogen and oxygen atoms in total. The number of hydrogen-bond acceptors (Lipinski definition) is 4. The third-order valence-corrected chi connectivity index (χ3v) is 5.74. The van der Waals surface area contributed by atoms with Gasteiger partial charge in [-0.05, 0) is 42.5 Å². The van der Waals surface area contributed by atoms with Gasteiger partial charge in [0.2, 0.25) is 0 Å². The molecule has 27 heavy (non-hydrogen) atoms. The molecule has 4 rings (SSSR count). The summed E-state index contributed by atoms with van der Waals surface area (Å²) in [5.74, 6) is -0.122. The summed E-state index contributed by atoms with van der Waals surface area (Å²) in [5, 5.41) is 0. The van der Waals surface area contributed by atoms with E-state index in [-0.39, 0.29) is 23.7 Å². The summed E-state index contributed by atoms with van der Waals surface area (Å²) in [7, 11) is 0. The molecule has 2 bridgehead atoms. The topological polar surface area (TPSA) is 55.6 Å². The van der Waals surface area contributed by atoms with E-state index in [0.29, 0.717) is 24.5 Å². The van der Waals surface area contributed by atoms with E-state index in [0.717, 1.165) is 25.6 Å². The van der Waals surface area contributed by atoms with Crippen molar-refractivity contribution in [2.75, 3.05) is 18.9 Å². The summed E-state index contributed by atoms with van der Waals surface area (Å²) in [4.78, 5) is 14.8. The van der Waals surface area contributed by atoms with Gasteiger partial charge in [0.15, 0.2) is 0 Å². The Bertz CT molecular complexity index is 802. The molecule has 2 N–H and O–H groups in total.